The van der Waals surface area contributed by atoms with Gasteiger partial charge in [0.1, 0.15) is 11.8 Å². The Hall–Kier alpha value is -1.86. The van der Waals surface area contributed by atoms with Crippen molar-refractivity contribution in [3.05, 3.63) is 58.3 Å². The van der Waals surface area contributed by atoms with Crippen molar-refractivity contribution in [1.29, 1.82) is 5.26 Å². The Morgan fingerprint density at radius 3 is 2.74 bits per heavy atom. The molecule has 0 bridgehead atoms. The summed E-state index contributed by atoms with van der Waals surface area (Å²) in [7, 11) is 0. The van der Waals surface area contributed by atoms with Gasteiger partial charge < -0.3 is 4.74 Å². The van der Waals surface area contributed by atoms with E-state index >= 15 is 0 Å². The zero-order valence-corrected chi connectivity index (χ0v) is 11.9. The van der Waals surface area contributed by atoms with Crippen molar-refractivity contribution in [1.82, 2.24) is 4.98 Å². The fraction of sp³-hybridized carbons (Fsp3) is 0.200. The van der Waals surface area contributed by atoms with Gasteiger partial charge in [-0.2, -0.15) is 5.26 Å². The summed E-state index contributed by atoms with van der Waals surface area (Å²) in [6.07, 6.45) is 5.43. The van der Waals surface area contributed by atoms with E-state index in [0.717, 1.165) is 17.3 Å². The van der Waals surface area contributed by atoms with E-state index in [1.54, 1.807) is 18.5 Å². The number of nitriles is 1. The maximum atomic E-state index is 9.02. The van der Waals surface area contributed by atoms with Crippen LogP contribution in [0.1, 0.15) is 17.5 Å². The second-order valence-corrected chi connectivity index (χ2v) is 4.98. The number of benzene rings is 1. The van der Waals surface area contributed by atoms with Crippen molar-refractivity contribution in [3.63, 3.8) is 0 Å². The highest BCUT2D eigenvalue weighted by Crippen LogP contribution is 2.22. The van der Waals surface area contributed by atoms with E-state index < -0.39 is 0 Å². The normalized spacial score (nSPS) is 9.89. The summed E-state index contributed by atoms with van der Waals surface area (Å²) < 4.78 is 6.53. The molecule has 0 amide bonds. The number of halogens is 1. The highest BCUT2D eigenvalue weighted by atomic mass is 79.9. The SMILES string of the molecule is N#Cc1cc(Br)ccc1OCCCc1ccncc1. The molecule has 4 heteroatoms. The van der Waals surface area contributed by atoms with Crippen molar-refractivity contribution in [3.8, 4) is 11.8 Å². The van der Waals surface area contributed by atoms with Crippen LogP contribution in [-0.4, -0.2) is 11.6 Å². The van der Waals surface area contributed by atoms with Gasteiger partial charge >= 0.3 is 0 Å². The van der Waals surface area contributed by atoms with Crippen molar-refractivity contribution >= 4 is 15.9 Å². The third-order valence-electron chi connectivity index (χ3n) is 2.68. The van der Waals surface area contributed by atoms with Crippen LogP contribution in [0.15, 0.2) is 47.2 Å². The first kappa shape index (κ1) is 13.6. The van der Waals surface area contributed by atoms with Crippen LogP contribution < -0.4 is 4.74 Å². The third kappa shape index (κ3) is 4.08. The smallest absolute Gasteiger partial charge is 0.137 e. The molecule has 1 aromatic carbocycles. The van der Waals surface area contributed by atoms with Crippen LogP contribution in [0.5, 0.6) is 5.75 Å². The minimum absolute atomic E-state index is 0.554. The van der Waals surface area contributed by atoms with Gasteiger partial charge in [0.25, 0.3) is 0 Å². The zero-order valence-electron chi connectivity index (χ0n) is 10.3. The Labute approximate surface area is 121 Å². The lowest BCUT2D eigenvalue weighted by molar-refractivity contribution is 0.310. The van der Waals surface area contributed by atoms with Gasteiger partial charge in [0.05, 0.1) is 12.2 Å². The van der Waals surface area contributed by atoms with Gasteiger partial charge in [-0.3, -0.25) is 4.98 Å². The van der Waals surface area contributed by atoms with E-state index in [0.29, 0.717) is 17.9 Å². The largest absolute Gasteiger partial charge is 0.492 e. The third-order valence-corrected chi connectivity index (χ3v) is 3.17. The molecule has 0 saturated carbocycles. The summed E-state index contributed by atoms with van der Waals surface area (Å²) in [6.45, 7) is 0.596. The van der Waals surface area contributed by atoms with Crippen LogP contribution in [0.3, 0.4) is 0 Å². The van der Waals surface area contributed by atoms with E-state index in [2.05, 4.69) is 27.0 Å². The van der Waals surface area contributed by atoms with Gasteiger partial charge in [-0.25, -0.2) is 0 Å². The van der Waals surface area contributed by atoms with Gasteiger partial charge in [0.2, 0.25) is 0 Å². The molecular weight excluding hydrogens is 304 g/mol. The number of pyridine rings is 1. The second kappa shape index (κ2) is 6.91. The van der Waals surface area contributed by atoms with Gasteiger partial charge in [-0.1, -0.05) is 15.9 Å². The fourth-order valence-electron chi connectivity index (χ4n) is 1.72. The van der Waals surface area contributed by atoms with E-state index in [9.17, 15) is 0 Å². The molecule has 0 unspecified atom stereocenters. The molecule has 0 radical (unpaired) electrons. The van der Waals surface area contributed by atoms with Gasteiger partial charge in [-0.05, 0) is 48.7 Å². The quantitative estimate of drug-likeness (QED) is 0.790. The fourth-order valence-corrected chi connectivity index (χ4v) is 2.08. The lowest BCUT2D eigenvalue weighted by atomic mass is 10.1. The number of hydrogen-bond acceptors (Lipinski definition) is 3. The molecule has 0 aliphatic carbocycles. The maximum Gasteiger partial charge on any atom is 0.137 e. The average Bonchev–Trinajstić information content (AvgIpc) is 2.46. The highest BCUT2D eigenvalue weighted by Gasteiger charge is 2.03. The standard InChI is InChI=1S/C15H13BrN2O/c16-14-3-4-15(13(10-14)11-17)19-9-1-2-12-5-7-18-8-6-12/h3-8,10H,1-2,9H2. The molecule has 0 aliphatic rings. The van der Waals surface area contributed by atoms with Gasteiger partial charge in [0.15, 0.2) is 0 Å². The summed E-state index contributed by atoms with van der Waals surface area (Å²) in [5.74, 6) is 0.639. The second-order valence-electron chi connectivity index (χ2n) is 4.06. The van der Waals surface area contributed by atoms with Gasteiger partial charge in [0, 0.05) is 16.9 Å². The van der Waals surface area contributed by atoms with Crippen LogP contribution in [0.2, 0.25) is 0 Å². The van der Waals surface area contributed by atoms with E-state index in [-0.39, 0.29) is 0 Å². The number of ether oxygens (including phenoxy) is 1. The molecule has 0 N–H and O–H groups in total. The van der Waals surface area contributed by atoms with Crippen molar-refractivity contribution < 1.29 is 4.74 Å². The van der Waals surface area contributed by atoms with Crippen LogP contribution in [0, 0.1) is 11.3 Å². The van der Waals surface area contributed by atoms with E-state index in [4.69, 9.17) is 10.00 Å². The topological polar surface area (TPSA) is 45.9 Å². The molecule has 1 aromatic heterocycles. The van der Waals surface area contributed by atoms with Crippen LogP contribution in [-0.2, 0) is 6.42 Å². The molecule has 2 rings (SSSR count). The van der Waals surface area contributed by atoms with Crippen LogP contribution >= 0.6 is 15.9 Å². The molecular formula is C15H13BrN2O. The van der Waals surface area contributed by atoms with Gasteiger partial charge in [-0.15, -0.1) is 0 Å². The summed E-state index contributed by atoms with van der Waals surface area (Å²) >= 11 is 3.34. The van der Waals surface area contributed by atoms with Crippen LogP contribution in [0.25, 0.3) is 0 Å². The lowest BCUT2D eigenvalue weighted by Crippen LogP contribution is -2.01. The Morgan fingerprint density at radius 1 is 1.21 bits per heavy atom. The molecule has 19 heavy (non-hydrogen) atoms. The summed E-state index contributed by atoms with van der Waals surface area (Å²) in [4.78, 5) is 3.98. The summed E-state index contributed by atoms with van der Waals surface area (Å²) in [5, 5.41) is 9.02. The Kier molecular flexibility index (Phi) is 4.93. The monoisotopic (exact) mass is 316 g/mol. The molecule has 0 aliphatic heterocycles. The average molecular weight is 317 g/mol. The highest BCUT2D eigenvalue weighted by molar-refractivity contribution is 9.10. The van der Waals surface area contributed by atoms with Crippen molar-refractivity contribution in [2.45, 2.75) is 12.8 Å². The first-order chi connectivity index (χ1) is 9.29. The van der Waals surface area contributed by atoms with Crippen LogP contribution in [0.4, 0.5) is 0 Å². The number of aromatic nitrogens is 1. The number of hydrogen-bond donors (Lipinski definition) is 0. The predicted molar refractivity (Wildman–Crippen MR) is 76.9 cm³/mol. The number of rotatable bonds is 5. The van der Waals surface area contributed by atoms with Crippen molar-refractivity contribution in [2.24, 2.45) is 0 Å². The predicted octanol–water partition coefficient (Wildman–Crippen LogP) is 3.73. The zero-order chi connectivity index (χ0) is 13.5. The first-order valence-corrected chi connectivity index (χ1v) is 6.80. The number of nitrogens with zero attached hydrogens (tertiary/aromatic N) is 2. The molecule has 1 heterocycles. The molecule has 0 spiro atoms. The van der Waals surface area contributed by atoms with E-state index in [1.165, 1.54) is 5.56 Å². The molecule has 3 nitrogen and oxygen atoms in total. The Bertz CT molecular complexity index is 578. The van der Waals surface area contributed by atoms with Crippen molar-refractivity contribution in [2.75, 3.05) is 6.61 Å². The molecule has 0 atom stereocenters. The first-order valence-electron chi connectivity index (χ1n) is 6.01. The minimum atomic E-state index is 0.554. The molecule has 0 fully saturated rings. The molecule has 2 aromatic rings. The maximum absolute atomic E-state index is 9.02. The Morgan fingerprint density at radius 2 is 2.00 bits per heavy atom. The number of aryl methyl sites for hydroxylation is 1. The molecule has 96 valence electrons. The van der Waals surface area contributed by atoms with E-state index in [1.807, 2.05) is 24.3 Å². The lowest BCUT2D eigenvalue weighted by Gasteiger charge is -2.08. The molecule has 0 saturated heterocycles. The minimum Gasteiger partial charge on any atom is -0.492 e. The Balaban J connectivity index is 1.85. The summed E-state index contributed by atoms with van der Waals surface area (Å²) in [6, 6.07) is 11.6. The summed E-state index contributed by atoms with van der Waals surface area (Å²) in [5.41, 5.74) is 1.80.